The standard InChI is InChI=1S/C19H19F2NO3/c1-2-19(18(24)25,14-8-4-3-5-9-14)12-22-16(23)11-13-7-6-10-15(20)17(13)21/h3-10H,2,11-12H2,1H3,(H,22,23)(H,24,25). The van der Waals surface area contributed by atoms with Gasteiger partial charge in [0.05, 0.1) is 6.42 Å². The molecule has 0 saturated carbocycles. The second-order valence-corrected chi connectivity index (χ2v) is 5.77. The molecule has 25 heavy (non-hydrogen) atoms. The van der Waals surface area contributed by atoms with Gasteiger partial charge in [-0.3, -0.25) is 9.59 Å². The zero-order valence-electron chi connectivity index (χ0n) is 13.8. The lowest BCUT2D eigenvalue weighted by Gasteiger charge is -2.29. The number of benzene rings is 2. The number of hydrogen-bond donors (Lipinski definition) is 2. The summed E-state index contributed by atoms with van der Waals surface area (Å²) >= 11 is 0. The van der Waals surface area contributed by atoms with Crippen molar-refractivity contribution in [1.82, 2.24) is 5.32 Å². The molecule has 2 aromatic rings. The van der Waals surface area contributed by atoms with Gasteiger partial charge >= 0.3 is 5.97 Å². The Morgan fingerprint density at radius 1 is 1.08 bits per heavy atom. The Balaban J connectivity index is 2.14. The molecule has 0 aliphatic rings. The second-order valence-electron chi connectivity index (χ2n) is 5.77. The molecule has 0 radical (unpaired) electrons. The van der Waals surface area contributed by atoms with Crippen molar-refractivity contribution in [1.29, 1.82) is 0 Å². The van der Waals surface area contributed by atoms with Gasteiger partial charge in [0.25, 0.3) is 0 Å². The Kier molecular flexibility index (Phi) is 5.85. The molecule has 132 valence electrons. The van der Waals surface area contributed by atoms with Crippen LogP contribution in [-0.4, -0.2) is 23.5 Å². The number of carboxylic acids is 1. The van der Waals surface area contributed by atoms with Crippen LogP contribution in [0.2, 0.25) is 0 Å². The number of nitrogens with one attached hydrogen (secondary N) is 1. The molecular formula is C19H19F2NO3. The van der Waals surface area contributed by atoms with Crippen molar-refractivity contribution >= 4 is 11.9 Å². The number of amides is 1. The molecule has 1 atom stereocenters. The fourth-order valence-corrected chi connectivity index (χ4v) is 2.71. The number of carboxylic acid groups (broad SMARTS) is 1. The summed E-state index contributed by atoms with van der Waals surface area (Å²) in [7, 11) is 0. The SMILES string of the molecule is CCC(CNC(=O)Cc1cccc(F)c1F)(C(=O)O)c1ccccc1. The fourth-order valence-electron chi connectivity index (χ4n) is 2.71. The quantitative estimate of drug-likeness (QED) is 0.809. The smallest absolute Gasteiger partial charge is 0.315 e. The molecule has 0 spiro atoms. The van der Waals surface area contributed by atoms with E-state index in [1.165, 1.54) is 12.1 Å². The summed E-state index contributed by atoms with van der Waals surface area (Å²) in [6.07, 6.45) is -0.0985. The van der Waals surface area contributed by atoms with Gasteiger partial charge in [-0.05, 0) is 18.1 Å². The van der Waals surface area contributed by atoms with E-state index in [4.69, 9.17) is 0 Å². The van der Waals surface area contributed by atoms with Crippen LogP contribution in [0.5, 0.6) is 0 Å². The summed E-state index contributed by atoms with van der Waals surface area (Å²) in [5.41, 5.74) is -0.783. The van der Waals surface area contributed by atoms with E-state index < -0.39 is 28.9 Å². The second kappa shape index (κ2) is 7.88. The van der Waals surface area contributed by atoms with E-state index >= 15 is 0 Å². The van der Waals surface area contributed by atoms with Crippen LogP contribution >= 0.6 is 0 Å². The molecule has 6 heteroatoms. The molecule has 1 unspecified atom stereocenters. The third-order valence-electron chi connectivity index (χ3n) is 4.31. The molecule has 1 amide bonds. The van der Waals surface area contributed by atoms with E-state index in [0.717, 1.165) is 6.07 Å². The summed E-state index contributed by atoms with van der Waals surface area (Å²) < 4.78 is 26.8. The number of rotatable bonds is 7. The van der Waals surface area contributed by atoms with Crippen LogP contribution < -0.4 is 5.32 Å². The Morgan fingerprint density at radius 2 is 1.76 bits per heavy atom. The predicted octanol–water partition coefficient (Wildman–Crippen LogP) is 3.06. The Bertz CT molecular complexity index is 765. The van der Waals surface area contributed by atoms with Crippen molar-refractivity contribution in [3.8, 4) is 0 Å². The molecule has 0 heterocycles. The maximum absolute atomic E-state index is 13.6. The normalized spacial score (nSPS) is 13.1. The van der Waals surface area contributed by atoms with Gasteiger partial charge in [0.15, 0.2) is 11.6 Å². The van der Waals surface area contributed by atoms with Crippen LogP contribution in [-0.2, 0) is 21.4 Å². The van der Waals surface area contributed by atoms with E-state index in [1.807, 2.05) is 0 Å². The first-order chi connectivity index (χ1) is 11.9. The monoisotopic (exact) mass is 347 g/mol. The van der Waals surface area contributed by atoms with Crippen molar-refractivity contribution in [3.63, 3.8) is 0 Å². The molecule has 0 bridgehead atoms. The Hall–Kier alpha value is -2.76. The van der Waals surface area contributed by atoms with Gasteiger partial charge in [0.2, 0.25) is 5.91 Å². The molecule has 4 nitrogen and oxygen atoms in total. The molecule has 2 rings (SSSR count). The zero-order chi connectivity index (χ0) is 18.4. The number of carbonyl (C=O) groups is 2. The molecular weight excluding hydrogens is 328 g/mol. The van der Waals surface area contributed by atoms with Crippen LogP contribution in [0.15, 0.2) is 48.5 Å². The minimum Gasteiger partial charge on any atom is -0.481 e. The van der Waals surface area contributed by atoms with Gasteiger partial charge < -0.3 is 10.4 Å². The predicted molar refractivity (Wildman–Crippen MR) is 89.1 cm³/mol. The maximum atomic E-state index is 13.6. The maximum Gasteiger partial charge on any atom is 0.315 e. The number of halogens is 2. The fraction of sp³-hybridized carbons (Fsp3) is 0.263. The molecule has 0 aromatic heterocycles. The topological polar surface area (TPSA) is 66.4 Å². The van der Waals surface area contributed by atoms with Crippen molar-refractivity contribution in [2.45, 2.75) is 25.2 Å². The van der Waals surface area contributed by atoms with Gasteiger partial charge in [-0.15, -0.1) is 0 Å². The Morgan fingerprint density at radius 3 is 2.36 bits per heavy atom. The number of hydrogen-bond acceptors (Lipinski definition) is 2. The minimum atomic E-state index is -1.28. The van der Waals surface area contributed by atoms with E-state index in [1.54, 1.807) is 37.3 Å². The van der Waals surface area contributed by atoms with E-state index in [-0.39, 0.29) is 24.9 Å². The summed E-state index contributed by atoms with van der Waals surface area (Å²) in [6, 6.07) is 12.2. The lowest BCUT2D eigenvalue weighted by atomic mass is 9.78. The van der Waals surface area contributed by atoms with E-state index in [9.17, 15) is 23.5 Å². The van der Waals surface area contributed by atoms with Crippen LogP contribution in [0.4, 0.5) is 8.78 Å². The van der Waals surface area contributed by atoms with Crippen LogP contribution in [0, 0.1) is 11.6 Å². The minimum absolute atomic E-state index is 0.0744. The van der Waals surface area contributed by atoms with E-state index in [2.05, 4.69) is 5.32 Å². The Labute approximate surface area is 144 Å². The zero-order valence-corrected chi connectivity index (χ0v) is 13.8. The third kappa shape index (κ3) is 4.02. The lowest BCUT2D eigenvalue weighted by Crippen LogP contribution is -2.46. The molecule has 0 fully saturated rings. The highest BCUT2D eigenvalue weighted by atomic mass is 19.2. The summed E-state index contributed by atoms with van der Waals surface area (Å²) in [5, 5.41) is 12.2. The number of aliphatic carboxylic acids is 1. The van der Waals surface area contributed by atoms with E-state index in [0.29, 0.717) is 5.56 Å². The van der Waals surface area contributed by atoms with Gasteiger partial charge in [-0.1, -0.05) is 49.4 Å². The van der Waals surface area contributed by atoms with Gasteiger partial charge in [0.1, 0.15) is 5.41 Å². The largest absolute Gasteiger partial charge is 0.481 e. The van der Waals surface area contributed by atoms with Gasteiger partial charge in [-0.25, -0.2) is 8.78 Å². The van der Waals surface area contributed by atoms with Crippen molar-refractivity contribution in [2.24, 2.45) is 0 Å². The molecule has 0 aliphatic carbocycles. The first-order valence-electron chi connectivity index (χ1n) is 7.89. The van der Waals surface area contributed by atoms with Crippen molar-refractivity contribution < 1.29 is 23.5 Å². The average Bonchev–Trinajstić information content (AvgIpc) is 2.60. The summed E-state index contributed by atoms with van der Waals surface area (Å²) in [4.78, 5) is 24.0. The van der Waals surface area contributed by atoms with Crippen LogP contribution in [0.25, 0.3) is 0 Å². The first kappa shape index (κ1) is 18.6. The van der Waals surface area contributed by atoms with Gasteiger partial charge in [0, 0.05) is 12.1 Å². The highest BCUT2D eigenvalue weighted by Crippen LogP contribution is 2.28. The van der Waals surface area contributed by atoms with Crippen LogP contribution in [0.3, 0.4) is 0 Å². The molecule has 0 aliphatic heterocycles. The summed E-state index contributed by atoms with van der Waals surface area (Å²) in [5.74, 6) is -3.72. The third-order valence-corrected chi connectivity index (χ3v) is 4.31. The number of carbonyl (C=O) groups excluding carboxylic acids is 1. The molecule has 2 aromatic carbocycles. The highest BCUT2D eigenvalue weighted by Gasteiger charge is 2.38. The highest BCUT2D eigenvalue weighted by molar-refractivity contribution is 5.84. The summed E-state index contributed by atoms with van der Waals surface area (Å²) in [6.45, 7) is 1.58. The van der Waals surface area contributed by atoms with Crippen molar-refractivity contribution in [2.75, 3.05) is 6.54 Å². The lowest BCUT2D eigenvalue weighted by molar-refractivity contribution is -0.144. The molecule has 0 saturated heterocycles. The van der Waals surface area contributed by atoms with Gasteiger partial charge in [-0.2, -0.15) is 0 Å². The van der Waals surface area contributed by atoms with Crippen LogP contribution in [0.1, 0.15) is 24.5 Å². The first-order valence-corrected chi connectivity index (χ1v) is 7.89. The van der Waals surface area contributed by atoms with Crippen molar-refractivity contribution in [3.05, 3.63) is 71.3 Å². The molecule has 2 N–H and O–H groups in total. The average molecular weight is 347 g/mol.